The van der Waals surface area contributed by atoms with E-state index in [1.165, 1.54) is 12.8 Å². The monoisotopic (exact) mass is 336 g/mol. The van der Waals surface area contributed by atoms with Gasteiger partial charge in [0, 0.05) is 19.1 Å². The van der Waals surface area contributed by atoms with Crippen LogP contribution < -0.4 is 4.74 Å². The minimum absolute atomic E-state index is 0.197. The molecule has 1 N–H and O–H groups in total. The first-order valence-electron chi connectivity index (χ1n) is 10.6. The molecular weight excluding hydrogens is 302 g/mol. The van der Waals surface area contributed by atoms with Crippen molar-refractivity contribution >= 4 is 0 Å². The fourth-order valence-electron chi connectivity index (χ4n) is 4.00. The number of hydrogen-bond acceptors (Lipinski definition) is 4. The lowest BCUT2D eigenvalue weighted by Gasteiger charge is -2.37. The molecule has 1 saturated carbocycles. The zero-order chi connectivity index (χ0) is 19.4. The van der Waals surface area contributed by atoms with Crippen LogP contribution in [0.25, 0.3) is 0 Å². The summed E-state index contributed by atoms with van der Waals surface area (Å²) in [4.78, 5) is 2.39. The second-order valence-corrected chi connectivity index (χ2v) is 7.15. The molecule has 4 heteroatoms. The molecule has 0 bridgehead atoms. The van der Waals surface area contributed by atoms with E-state index in [4.69, 9.17) is 13.6 Å². The third-order valence-corrected chi connectivity index (χ3v) is 5.42. The lowest BCUT2D eigenvalue weighted by Crippen LogP contribution is -2.46. The smallest absolute Gasteiger partial charge is 0.122 e. The minimum Gasteiger partial charge on any atom is -0.496 e. The van der Waals surface area contributed by atoms with Gasteiger partial charge in [-0.05, 0) is 49.8 Å². The molecule has 0 spiro atoms. The van der Waals surface area contributed by atoms with Crippen molar-refractivity contribution in [3.05, 3.63) is 29.3 Å². The van der Waals surface area contributed by atoms with Gasteiger partial charge in [-0.1, -0.05) is 25.0 Å². The van der Waals surface area contributed by atoms with Crippen molar-refractivity contribution in [1.29, 1.82) is 0 Å². The van der Waals surface area contributed by atoms with E-state index in [2.05, 4.69) is 4.90 Å². The predicted molar refractivity (Wildman–Crippen MR) is 95.6 cm³/mol. The normalized spacial score (nSPS) is 30.6. The molecule has 2 aliphatic rings. The molecule has 0 aromatic heterocycles. The largest absolute Gasteiger partial charge is 0.496 e. The minimum atomic E-state index is -2.44. The molecule has 1 aromatic rings. The Kier molecular flexibility index (Phi) is 4.89. The van der Waals surface area contributed by atoms with Crippen molar-refractivity contribution in [2.24, 2.45) is 0 Å². The van der Waals surface area contributed by atoms with Gasteiger partial charge in [0.2, 0.25) is 0 Å². The first kappa shape index (κ1) is 14.1. The maximum absolute atomic E-state index is 9.84. The molecule has 0 radical (unpaired) electrons. The van der Waals surface area contributed by atoms with Crippen LogP contribution in [0.5, 0.6) is 5.75 Å². The second-order valence-electron chi connectivity index (χ2n) is 7.15. The van der Waals surface area contributed by atoms with Crippen molar-refractivity contribution in [1.82, 2.24) is 4.90 Å². The second kappa shape index (κ2) is 8.32. The number of β-amino-alcohol motifs (C(OH)–C–C–N with tert-alkyl or cyclic N) is 1. The molecule has 24 heavy (non-hydrogen) atoms. The van der Waals surface area contributed by atoms with E-state index in [0.29, 0.717) is 18.4 Å². The van der Waals surface area contributed by atoms with Gasteiger partial charge in [-0.3, -0.25) is 4.90 Å². The predicted octanol–water partition coefficient (Wildman–Crippen LogP) is 2.94. The molecule has 1 saturated heterocycles. The third kappa shape index (κ3) is 4.29. The molecule has 0 amide bonds. The van der Waals surface area contributed by atoms with Crippen molar-refractivity contribution in [2.45, 2.75) is 63.7 Å². The molecule has 1 aliphatic heterocycles. The Hall–Kier alpha value is -1.10. The number of nitrogens with zero attached hydrogens (tertiary/aromatic N) is 1. The molecule has 4 nitrogen and oxygen atoms in total. The van der Waals surface area contributed by atoms with E-state index >= 15 is 0 Å². The SMILES string of the molecule is [2H]C([2H])([2H])Oc1cc(CCO[C@@H]2CCCC[C@H]2N2CC[C@@H](O)C2)ccc1C. The van der Waals surface area contributed by atoms with Crippen LogP contribution in [0.2, 0.25) is 0 Å². The maximum Gasteiger partial charge on any atom is 0.122 e. The van der Waals surface area contributed by atoms with Crippen LogP contribution in [0.4, 0.5) is 0 Å². The Bertz CT molecular complexity index is 623. The van der Waals surface area contributed by atoms with Gasteiger partial charge in [0.1, 0.15) is 5.75 Å². The fraction of sp³-hybridized carbons (Fsp3) is 0.700. The van der Waals surface area contributed by atoms with Crippen molar-refractivity contribution in [2.75, 3.05) is 26.7 Å². The summed E-state index contributed by atoms with van der Waals surface area (Å²) >= 11 is 0. The summed E-state index contributed by atoms with van der Waals surface area (Å²) in [5, 5.41) is 9.84. The lowest BCUT2D eigenvalue weighted by atomic mass is 9.91. The Morgan fingerprint density at radius 3 is 2.96 bits per heavy atom. The Balaban J connectivity index is 1.54. The average molecular weight is 336 g/mol. The Morgan fingerprint density at radius 1 is 1.29 bits per heavy atom. The Morgan fingerprint density at radius 2 is 2.17 bits per heavy atom. The highest BCUT2D eigenvalue weighted by atomic mass is 16.5. The van der Waals surface area contributed by atoms with E-state index in [1.54, 1.807) is 6.07 Å². The molecule has 3 rings (SSSR count). The van der Waals surface area contributed by atoms with Crippen LogP contribution in [0.15, 0.2) is 18.2 Å². The molecule has 1 aliphatic carbocycles. The molecule has 1 heterocycles. The van der Waals surface area contributed by atoms with Gasteiger partial charge in [-0.2, -0.15) is 0 Å². The summed E-state index contributed by atoms with van der Waals surface area (Å²) < 4.78 is 33.2. The summed E-state index contributed by atoms with van der Waals surface area (Å²) in [6, 6.07) is 6.11. The number of methoxy groups -OCH3 is 1. The molecule has 0 unspecified atom stereocenters. The van der Waals surface area contributed by atoms with Gasteiger partial charge < -0.3 is 14.6 Å². The van der Waals surface area contributed by atoms with E-state index in [1.807, 2.05) is 19.1 Å². The number of likely N-dealkylation sites (tertiary alicyclic amines) is 1. The van der Waals surface area contributed by atoms with Gasteiger partial charge >= 0.3 is 0 Å². The van der Waals surface area contributed by atoms with Crippen LogP contribution in [0.3, 0.4) is 0 Å². The van der Waals surface area contributed by atoms with E-state index in [-0.39, 0.29) is 12.2 Å². The highest BCUT2D eigenvalue weighted by Gasteiger charge is 2.34. The van der Waals surface area contributed by atoms with Crippen LogP contribution in [-0.2, 0) is 11.2 Å². The van der Waals surface area contributed by atoms with Crippen molar-refractivity contribution in [3.8, 4) is 5.75 Å². The van der Waals surface area contributed by atoms with Gasteiger partial charge in [-0.15, -0.1) is 0 Å². The molecule has 1 aromatic carbocycles. The van der Waals surface area contributed by atoms with Crippen LogP contribution in [0.1, 0.15) is 47.3 Å². The number of ether oxygens (including phenoxy) is 2. The highest BCUT2D eigenvalue weighted by molar-refractivity contribution is 5.36. The quantitative estimate of drug-likeness (QED) is 0.867. The summed E-state index contributed by atoms with van der Waals surface area (Å²) in [6.45, 7) is 4.17. The standard InChI is InChI=1S/C20H31NO3/c1-15-7-8-16(13-20(15)23-2)10-12-24-19-6-4-3-5-18(19)21-11-9-17(22)14-21/h7-8,13,17-19,22H,3-6,9-12,14H2,1-2H3/t17-,18-,19-/m1/s1/i2D3. The molecule has 134 valence electrons. The number of rotatable bonds is 6. The van der Waals surface area contributed by atoms with Crippen LogP contribution in [-0.4, -0.2) is 55.0 Å². The zero-order valence-electron chi connectivity index (χ0n) is 17.5. The van der Waals surface area contributed by atoms with E-state index in [9.17, 15) is 5.11 Å². The topological polar surface area (TPSA) is 41.9 Å². The lowest BCUT2D eigenvalue weighted by molar-refractivity contribution is -0.0316. The molecular formula is C20H31NO3. The van der Waals surface area contributed by atoms with E-state index in [0.717, 1.165) is 49.9 Å². The molecule has 2 fully saturated rings. The van der Waals surface area contributed by atoms with Gasteiger partial charge in [0.05, 0.1) is 30.0 Å². The van der Waals surface area contributed by atoms with Gasteiger partial charge in [-0.25, -0.2) is 0 Å². The first-order chi connectivity index (χ1) is 12.8. The summed E-state index contributed by atoms with van der Waals surface area (Å²) in [6.07, 6.45) is 6.23. The highest BCUT2D eigenvalue weighted by Crippen LogP contribution is 2.28. The fourth-order valence-corrected chi connectivity index (χ4v) is 4.00. The summed E-state index contributed by atoms with van der Waals surface area (Å²) in [5.74, 6) is 0.411. The first-order valence-corrected chi connectivity index (χ1v) is 9.14. The van der Waals surface area contributed by atoms with Gasteiger partial charge in [0.15, 0.2) is 0 Å². The Labute approximate surface area is 150 Å². The van der Waals surface area contributed by atoms with Crippen LogP contribution >= 0.6 is 0 Å². The van der Waals surface area contributed by atoms with Gasteiger partial charge in [0.25, 0.3) is 0 Å². The average Bonchev–Trinajstić information content (AvgIpc) is 3.03. The third-order valence-electron chi connectivity index (χ3n) is 5.42. The van der Waals surface area contributed by atoms with Crippen LogP contribution in [0, 0.1) is 6.92 Å². The molecule has 3 atom stereocenters. The number of hydrogen-bond donors (Lipinski definition) is 1. The number of benzene rings is 1. The maximum atomic E-state index is 9.84. The van der Waals surface area contributed by atoms with Crippen molar-refractivity contribution in [3.63, 3.8) is 0 Å². The number of aryl methyl sites for hydroxylation is 1. The van der Waals surface area contributed by atoms with Crippen molar-refractivity contribution < 1.29 is 18.7 Å². The summed E-state index contributed by atoms with van der Waals surface area (Å²) in [7, 11) is -2.44. The van der Waals surface area contributed by atoms with E-state index < -0.39 is 7.04 Å². The number of aliphatic hydroxyl groups is 1. The zero-order valence-corrected chi connectivity index (χ0v) is 14.5. The number of aliphatic hydroxyl groups excluding tert-OH is 1. The summed E-state index contributed by atoms with van der Waals surface area (Å²) in [5.41, 5.74) is 1.83.